The van der Waals surface area contributed by atoms with E-state index in [4.69, 9.17) is 9.15 Å². The molecule has 1 aromatic heterocycles. The summed E-state index contributed by atoms with van der Waals surface area (Å²) >= 11 is 0. The van der Waals surface area contributed by atoms with Gasteiger partial charge >= 0.3 is 0 Å². The molecule has 1 unspecified atom stereocenters. The predicted octanol–water partition coefficient (Wildman–Crippen LogP) is 3.46. The Morgan fingerprint density at radius 3 is 2.78 bits per heavy atom. The van der Waals surface area contributed by atoms with Gasteiger partial charge in [-0.15, -0.1) is 0 Å². The Kier molecular flexibility index (Phi) is 2.27. The van der Waals surface area contributed by atoms with E-state index in [-0.39, 0.29) is 16.9 Å². The molecule has 3 nitrogen and oxygen atoms in total. The number of hydrogen-bond donors (Lipinski definition) is 0. The van der Waals surface area contributed by atoms with Gasteiger partial charge in [0, 0.05) is 0 Å². The Morgan fingerprint density at radius 2 is 2.00 bits per heavy atom. The fourth-order valence-corrected chi connectivity index (χ4v) is 2.77. The fraction of sp³-hybridized carbons (Fsp3) is 0.400. The lowest BCUT2D eigenvalue weighted by Gasteiger charge is -2.34. The molecule has 0 radical (unpaired) electrons. The van der Waals surface area contributed by atoms with Crippen LogP contribution in [-0.4, -0.2) is 5.60 Å². The summed E-state index contributed by atoms with van der Waals surface area (Å²) < 4.78 is 11.6. The van der Waals surface area contributed by atoms with Gasteiger partial charge in [0.15, 0.2) is 5.43 Å². The van der Waals surface area contributed by atoms with E-state index in [1.807, 2.05) is 26.0 Å². The maximum atomic E-state index is 12.5. The van der Waals surface area contributed by atoms with Crippen LogP contribution in [-0.2, 0) is 0 Å². The van der Waals surface area contributed by atoms with Crippen LogP contribution in [0.25, 0.3) is 11.0 Å². The lowest BCUT2D eigenvalue weighted by atomic mass is 9.87. The number of fused-ring (bicyclic) bond motifs is 2. The zero-order valence-corrected chi connectivity index (χ0v) is 10.8. The minimum atomic E-state index is -0.287. The standard InChI is InChI=1S/C15H16O3/c1-9-8-15(2,3)18-14-12(9)13(16)10-6-4-5-7-11(10)17-14/h4-7,9H,8H2,1-3H3. The van der Waals surface area contributed by atoms with E-state index < -0.39 is 0 Å². The maximum absolute atomic E-state index is 12.5. The highest BCUT2D eigenvalue weighted by Crippen LogP contribution is 2.39. The average molecular weight is 244 g/mol. The number of para-hydroxylation sites is 1. The van der Waals surface area contributed by atoms with Crippen LogP contribution in [0.15, 0.2) is 33.5 Å². The molecule has 1 aromatic carbocycles. The van der Waals surface area contributed by atoms with Gasteiger partial charge in [-0.25, -0.2) is 0 Å². The molecule has 0 N–H and O–H groups in total. The molecule has 3 rings (SSSR count). The van der Waals surface area contributed by atoms with Crippen molar-refractivity contribution in [1.82, 2.24) is 0 Å². The van der Waals surface area contributed by atoms with Gasteiger partial charge in [-0.3, -0.25) is 4.79 Å². The molecule has 0 amide bonds. The van der Waals surface area contributed by atoms with Gasteiger partial charge in [-0.05, 0) is 38.3 Å². The SMILES string of the molecule is CC1CC(C)(C)Oc2oc3ccccc3c(=O)c21. The Labute approximate surface area is 105 Å². The van der Waals surface area contributed by atoms with Crippen molar-refractivity contribution < 1.29 is 9.15 Å². The first-order valence-electron chi connectivity index (χ1n) is 6.23. The van der Waals surface area contributed by atoms with E-state index in [1.54, 1.807) is 12.1 Å². The minimum Gasteiger partial charge on any atom is -0.459 e. The van der Waals surface area contributed by atoms with Crippen LogP contribution >= 0.6 is 0 Å². The van der Waals surface area contributed by atoms with Crippen LogP contribution in [0, 0.1) is 0 Å². The van der Waals surface area contributed by atoms with E-state index in [1.165, 1.54) is 0 Å². The first-order valence-corrected chi connectivity index (χ1v) is 6.23. The van der Waals surface area contributed by atoms with Crippen LogP contribution in [0.5, 0.6) is 5.95 Å². The van der Waals surface area contributed by atoms with E-state index in [2.05, 4.69) is 6.92 Å². The molecule has 0 fully saturated rings. The zero-order valence-electron chi connectivity index (χ0n) is 10.8. The molecule has 2 heterocycles. The predicted molar refractivity (Wildman–Crippen MR) is 70.2 cm³/mol. The van der Waals surface area contributed by atoms with Crippen molar-refractivity contribution >= 4 is 11.0 Å². The third-order valence-electron chi connectivity index (χ3n) is 3.46. The Hall–Kier alpha value is -1.77. The summed E-state index contributed by atoms with van der Waals surface area (Å²) in [7, 11) is 0. The van der Waals surface area contributed by atoms with Crippen molar-refractivity contribution in [2.24, 2.45) is 0 Å². The summed E-state index contributed by atoms with van der Waals surface area (Å²) in [5.41, 5.74) is 1.01. The lowest BCUT2D eigenvalue weighted by molar-refractivity contribution is 0.0443. The van der Waals surface area contributed by atoms with Gasteiger partial charge in [0.2, 0.25) is 0 Å². The summed E-state index contributed by atoms with van der Waals surface area (Å²) in [6, 6.07) is 7.31. The number of ether oxygens (including phenoxy) is 1. The molecule has 0 saturated carbocycles. The monoisotopic (exact) mass is 244 g/mol. The molecule has 0 saturated heterocycles. The van der Waals surface area contributed by atoms with Crippen molar-refractivity contribution in [2.45, 2.75) is 38.7 Å². The second kappa shape index (κ2) is 3.61. The highest BCUT2D eigenvalue weighted by Gasteiger charge is 2.35. The van der Waals surface area contributed by atoms with Gasteiger partial charge in [-0.1, -0.05) is 19.1 Å². The van der Waals surface area contributed by atoms with Crippen LogP contribution < -0.4 is 10.2 Å². The van der Waals surface area contributed by atoms with Gasteiger partial charge in [0.1, 0.15) is 11.2 Å². The van der Waals surface area contributed by atoms with Crippen LogP contribution in [0.2, 0.25) is 0 Å². The molecule has 0 spiro atoms. The molecule has 2 aromatic rings. The summed E-state index contributed by atoms with van der Waals surface area (Å²) in [4.78, 5) is 12.5. The van der Waals surface area contributed by atoms with Crippen molar-refractivity contribution in [3.8, 4) is 5.95 Å². The molecule has 0 bridgehead atoms. The molecular weight excluding hydrogens is 228 g/mol. The topological polar surface area (TPSA) is 39.4 Å². The smallest absolute Gasteiger partial charge is 0.292 e. The molecule has 1 aliphatic heterocycles. The summed E-state index contributed by atoms with van der Waals surface area (Å²) in [6.45, 7) is 6.08. The largest absolute Gasteiger partial charge is 0.459 e. The lowest BCUT2D eigenvalue weighted by Crippen LogP contribution is -2.36. The van der Waals surface area contributed by atoms with Gasteiger partial charge in [0.05, 0.1) is 10.9 Å². The Morgan fingerprint density at radius 1 is 1.28 bits per heavy atom. The van der Waals surface area contributed by atoms with Gasteiger partial charge < -0.3 is 9.15 Å². The normalized spacial score (nSPS) is 21.4. The molecule has 0 aliphatic carbocycles. The van der Waals surface area contributed by atoms with Crippen LogP contribution in [0.3, 0.4) is 0 Å². The second-order valence-electron chi connectivity index (χ2n) is 5.60. The van der Waals surface area contributed by atoms with Crippen molar-refractivity contribution in [3.05, 3.63) is 40.1 Å². The maximum Gasteiger partial charge on any atom is 0.292 e. The first-order chi connectivity index (χ1) is 8.48. The van der Waals surface area contributed by atoms with Gasteiger partial charge in [0.25, 0.3) is 5.95 Å². The molecule has 3 heteroatoms. The molecule has 18 heavy (non-hydrogen) atoms. The fourth-order valence-electron chi connectivity index (χ4n) is 2.77. The molecule has 94 valence electrons. The molecule has 1 atom stereocenters. The number of benzene rings is 1. The molecule has 1 aliphatic rings. The number of rotatable bonds is 0. The van der Waals surface area contributed by atoms with E-state index >= 15 is 0 Å². The third-order valence-corrected chi connectivity index (χ3v) is 3.46. The first kappa shape index (κ1) is 11.3. The molecular formula is C15H16O3. The number of hydrogen-bond acceptors (Lipinski definition) is 3. The third kappa shape index (κ3) is 1.62. The van der Waals surface area contributed by atoms with Crippen LogP contribution in [0.4, 0.5) is 0 Å². The summed E-state index contributed by atoms with van der Waals surface area (Å²) in [6.07, 6.45) is 0.823. The van der Waals surface area contributed by atoms with E-state index in [0.29, 0.717) is 22.5 Å². The van der Waals surface area contributed by atoms with Crippen LogP contribution in [0.1, 0.15) is 38.7 Å². The van der Waals surface area contributed by atoms with Crippen molar-refractivity contribution in [2.75, 3.05) is 0 Å². The van der Waals surface area contributed by atoms with Crippen molar-refractivity contribution in [3.63, 3.8) is 0 Å². The second-order valence-corrected chi connectivity index (χ2v) is 5.60. The zero-order chi connectivity index (χ0) is 12.9. The Bertz CT molecular complexity index is 667. The van der Waals surface area contributed by atoms with Crippen molar-refractivity contribution in [1.29, 1.82) is 0 Å². The Balaban J connectivity index is 2.34. The average Bonchev–Trinajstić information content (AvgIpc) is 2.26. The summed E-state index contributed by atoms with van der Waals surface area (Å²) in [5.74, 6) is 0.548. The van der Waals surface area contributed by atoms with Gasteiger partial charge in [-0.2, -0.15) is 0 Å². The highest BCUT2D eigenvalue weighted by atomic mass is 16.6. The van der Waals surface area contributed by atoms with E-state index in [0.717, 1.165) is 6.42 Å². The quantitative estimate of drug-likeness (QED) is 0.712. The highest BCUT2D eigenvalue weighted by molar-refractivity contribution is 5.77. The minimum absolute atomic E-state index is 0.0369. The van der Waals surface area contributed by atoms with E-state index in [9.17, 15) is 4.79 Å². The summed E-state index contributed by atoms with van der Waals surface area (Å²) in [5, 5.41) is 0.631.